The second kappa shape index (κ2) is 6.70. The first kappa shape index (κ1) is 15.5. The van der Waals surface area contributed by atoms with Crippen molar-refractivity contribution in [2.75, 3.05) is 17.7 Å². The Morgan fingerprint density at radius 2 is 1.95 bits per heavy atom. The van der Waals surface area contributed by atoms with Crippen LogP contribution in [0.15, 0.2) is 36.4 Å². The second-order valence-corrected chi connectivity index (χ2v) is 5.08. The maximum atomic E-state index is 12.1. The first-order valence-corrected chi connectivity index (χ1v) is 7.05. The highest BCUT2D eigenvalue weighted by molar-refractivity contribution is 6.33. The molecule has 0 saturated heterocycles. The van der Waals surface area contributed by atoms with Crippen LogP contribution in [0.1, 0.15) is 17.3 Å². The number of hydrogen-bond acceptors (Lipinski definition) is 3. The van der Waals surface area contributed by atoms with Crippen molar-refractivity contribution in [2.24, 2.45) is 0 Å². The summed E-state index contributed by atoms with van der Waals surface area (Å²) in [5.41, 5.74) is 7.03. The van der Waals surface area contributed by atoms with Crippen molar-refractivity contribution in [3.63, 3.8) is 0 Å². The predicted molar refractivity (Wildman–Crippen MR) is 86.4 cm³/mol. The van der Waals surface area contributed by atoms with Gasteiger partial charge in [-0.3, -0.25) is 4.79 Å². The number of hydrogen-bond donors (Lipinski definition) is 2. The van der Waals surface area contributed by atoms with Crippen molar-refractivity contribution in [1.82, 2.24) is 0 Å². The van der Waals surface area contributed by atoms with Gasteiger partial charge < -0.3 is 15.8 Å². The van der Waals surface area contributed by atoms with E-state index in [0.29, 0.717) is 39.3 Å². The summed E-state index contributed by atoms with van der Waals surface area (Å²) in [5.74, 6) is 0.282. The van der Waals surface area contributed by atoms with Gasteiger partial charge in [0, 0.05) is 11.3 Å². The molecule has 21 heavy (non-hydrogen) atoms. The summed E-state index contributed by atoms with van der Waals surface area (Å²) < 4.78 is 5.33. The number of nitrogen functional groups attached to an aromatic ring is 1. The van der Waals surface area contributed by atoms with E-state index in [0.717, 1.165) is 0 Å². The van der Waals surface area contributed by atoms with Gasteiger partial charge in [0.25, 0.3) is 5.91 Å². The Hall–Kier alpha value is -1.91. The van der Waals surface area contributed by atoms with Crippen molar-refractivity contribution in [1.29, 1.82) is 0 Å². The number of nitrogens with two attached hydrogens (primary N) is 1. The van der Waals surface area contributed by atoms with E-state index in [1.165, 1.54) is 6.07 Å². The van der Waals surface area contributed by atoms with Crippen LogP contribution in [0.4, 0.5) is 11.4 Å². The summed E-state index contributed by atoms with van der Waals surface area (Å²) in [5, 5.41) is 3.51. The molecule has 3 N–H and O–H groups in total. The Labute approximate surface area is 132 Å². The monoisotopic (exact) mass is 324 g/mol. The van der Waals surface area contributed by atoms with Crippen LogP contribution in [-0.2, 0) is 0 Å². The third-order valence-electron chi connectivity index (χ3n) is 2.75. The minimum absolute atomic E-state index is 0.294. The summed E-state index contributed by atoms with van der Waals surface area (Å²) >= 11 is 12.0. The van der Waals surface area contributed by atoms with Gasteiger partial charge >= 0.3 is 0 Å². The van der Waals surface area contributed by atoms with Gasteiger partial charge in [0.1, 0.15) is 5.75 Å². The van der Waals surface area contributed by atoms with Gasteiger partial charge in [-0.1, -0.05) is 23.2 Å². The maximum absolute atomic E-state index is 12.1. The van der Waals surface area contributed by atoms with Crippen molar-refractivity contribution < 1.29 is 9.53 Å². The highest BCUT2D eigenvalue weighted by atomic mass is 35.5. The molecule has 0 aliphatic heterocycles. The molecule has 110 valence electrons. The lowest BCUT2D eigenvalue weighted by atomic mass is 10.2. The number of ether oxygens (including phenoxy) is 1. The van der Waals surface area contributed by atoms with Crippen molar-refractivity contribution in [3.8, 4) is 5.75 Å². The number of rotatable bonds is 4. The minimum atomic E-state index is -0.294. The highest BCUT2D eigenvalue weighted by Gasteiger charge is 2.09. The van der Waals surface area contributed by atoms with E-state index in [4.69, 9.17) is 33.7 Å². The molecule has 2 aromatic carbocycles. The minimum Gasteiger partial charge on any atom is -0.492 e. The third kappa shape index (κ3) is 3.80. The lowest BCUT2D eigenvalue weighted by molar-refractivity contribution is 0.102. The zero-order valence-electron chi connectivity index (χ0n) is 11.3. The molecule has 0 radical (unpaired) electrons. The maximum Gasteiger partial charge on any atom is 0.255 e. The number of nitrogens with one attached hydrogen (secondary N) is 1. The number of carbonyl (C=O) groups excluding carboxylic acids is 1. The van der Waals surface area contributed by atoms with E-state index in [2.05, 4.69) is 5.32 Å². The van der Waals surface area contributed by atoms with Crippen molar-refractivity contribution in [2.45, 2.75) is 6.92 Å². The van der Waals surface area contributed by atoms with E-state index in [1.807, 2.05) is 6.92 Å². The molecule has 0 spiro atoms. The summed E-state index contributed by atoms with van der Waals surface area (Å²) in [6.07, 6.45) is 0. The molecule has 0 bridgehead atoms. The van der Waals surface area contributed by atoms with Gasteiger partial charge in [-0.2, -0.15) is 0 Å². The lowest BCUT2D eigenvalue weighted by Crippen LogP contribution is -2.12. The summed E-state index contributed by atoms with van der Waals surface area (Å²) in [7, 11) is 0. The summed E-state index contributed by atoms with van der Waals surface area (Å²) in [4.78, 5) is 12.1. The average molecular weight is 325 g/mol. The second-order valence-electron chi connectivity index (χ2n) is 4.27. The lowest BCUT2D eigenvalue weighted by Gasteiger charge is -2.09. The average Bonchev–Trinajstić information content (AvgIpc) is 2.45. The first-order valence-electron chi connectivity index (χ1n) is 6.30. The first-order chi connectivity index (χ1) is 10.0. The number of halogens is 2. The molecule has 1 amide bonds. The zero-order chi connectivity index (χ0) is 15.4. The standard InChI is InChI=1S/C15H14Cl2N2O2/c1-2-21-14-6-4-10(8-12(14)17)19-15(20)9-3-5-13(18)11(16)7-9/h3-8H,2,18H2,1H3,(H,19,20). The fourth-order valence-corrected chi connectivity index (χ4v) is 2.14. The molecular formula is C15H14Cl2N2O2. The quantitative estimate of drug-likeness (QED) is 0.827. The van der Waals surface area contributed by atoms with Crippen LogP contribution in [0.2, 0.25) is 10.0 Å². The molecule has 0 aliphatic rings. The van der Waals surface area contributed by atoms with E-state index < -0.39 is 0 Å². The Morgan fingerprint density at radius 3 is 2.57 bits per heavy atom. The van der Waals surface area contributed by atoms with Gasteiger partial charge in [-0.05, 0) is 43.3 Å². The fraction of sp³-hybridized carbons (Fsp3) is 0.133. The Kier molecular flexibility index (Phi) is 4.94. The van der Waals surface area contributed by atoms with Gasteiger partial charge in [0.15, 0.2) is 0 Å². The van der Waals surface area contributed by atoms with Crippen LogP contribution in [0.25, 0.3) is 0 Å². The Morgan fingerprint density at radius 1 is 1.19 bits per heavy atom. The number of anilines is 2. The normalized spacial score (nSPS) is 10.2. The molecule has 0 saturated carbocycles. The molecule has 0 aliphatic carbocycles. The van der Waals surface area contributed by atoms with Crippen LogP contribution >= 0.6 is 23.2 Å². The van der Waals surface area contributed by atoms with Crippen LogP contribution in [0.3, 0.4) is 0 Å². The molecular weight excluding hydrogens is 311 g/mol. The highest BCUT2D eigenvalue weighted by Crippen LogP contribution is 2.28. The summed E-state index contributed by atoms with van der Waals surface area (Å²) in [6, 6.07) is 9.76. The smallest absolute Gasteiger partial charge is 0.255 e. The van der Waals surface area contributed by atoms with E-state index in [-0.39, 0.29) is 5.91 Å². The topological polar surface area (TPSA) is 64.3 Å². The van der Waals surface area contributed by atoms with Gasteiger partial charge in [-0.15, -0.1) is 0 Å². The Bertz CT molecular complexity index is 675. The molecule has 0 atom stereocenters. The Balaban J connectivity index is 2.15. The van der Waals surface area contributed by atoms with Crippen LogP contribution < -0.4 is 15.8 Å². The third-order valence-corrected chi connectivity index (χ3v) is 3.37. The van der Waals surface area contributed by atoms with E-state index in [1.54, 1.807) is 30.3 Å². The van der Waals surface area contributed by atoms with E-state index >= 15 is 0 Å². The molecule has 4 nitrogen and oxygen atoms in total. The number of amides is 1. The van der Waals surface area contributed by atoms with Crippen LogP contribution in [0, 0.1) is 0 Å². The fourth-order valence-electron chi connectivity index (χ4n) is 1.72. The molecule has 2 rings (SSSR count). The van der Waals surface area contributed by atoms with Crippen molar-refractivity contribution in [3.05, 3.63) is 52.0 Å². The van der Waals surface area contributed by atoms with Gasteiger partial charge in [0.2, 0.25) is 0 Å². The predicted octanol–water partition coefficient (Wildman–Crippen LogP) is 4.23. The molecule has 6 heteroatoms. The molecule has 2 aromatic rings. The van der Waals surface area contributed by atoms with Crippen LogP contribution in [-0.4, -0.2) is 12.5 Å². The van der Waals surface area contributed by atoms with Gasteiger partial charge in [-0.25, -0.2) is 0 Å². The van der Waals surface area contributed by atoms with Gasteiger partial charge in [0.05, 0.1) is 22.3 Å². The molecule has 0 unspecified atom stereocenters. The number of benzene rings is 2. The molecule has 0 heterocycles. The number of carbonyl (C=O) groups is 1. The summed E-state index contributed by atoms with van der Waals surface area (Å²) in [6.45, 7) is 2.40. The molecule has 0 aromatic heterocycles. The van der Waals surface area contributed by atoms with E-state index in [9.17, 15) is 4.79 Å². The largest absolute Gasteiger partial charge is 0.492 e. The molecule has 0 fully saturated rings. The van der Waals surface area contributed by atoms with Crippen molar-refractivity contribution >= 4 is 40.5 Å². The van der Waals surface area contributed by atoms with Crippen LogP contribution in [0.5, 0.6) is 5.75 Å². The zero-order valence-corrected chi connectivity index (χ0v) is 12.8. The SMILES string of the molecule is CCOc1ccc(NC(=O)c2ccc(N)c(Cl)c2)cc1Cl.